The van der Waals surface area contributed by atoms with Crippen LogP contribution in [0.15, 0.2) is 30.5 Å². The van der Waals surface area contributed by atoms with Crippen molar-refractivity contribution in [2.24, 2.45) is 5.84 Å². The number of aromatic nitrogens is 2. The Kier molecular flexibility index (Phi) is 5.10. The molecule has 0 fully saturated rings. The van der Waals surface area contributed by atoms with Crippen molar-refractivity contribution in [1.82, 2.24) is 15.4 Å². The van der Waals surface area contributed by atoms with E-state index in [1.165, 1.54) is 20.4 Å². The molecule has 0 aliphatic rings. The van der Waals surface area contributed by atoms with E-state index >= 15 is 0 Å². The summed E-state index contributed by atoms with van der Waals surface area (Å²) in [5.41, 5.74) is 4.33. The van der Waals surface area contributed by atoms with Gasteiger partial charge in [-0.1, -0.05) is 12.1 Å². The fourth-order valence-electron chi connectivity index (χ4n) is 1.80. The van der Waals surface area contributed by atoms with Gasteiger partial charge in [-0.05, 0) is 40.3 Å². The first kappa shape index (κ1) is 14.9. The summed E-state index contributed by atoms with van der Waals surface area (Å²) < 4.78 is 11.5. The van der Waals surface area contributed by atoms with Crippen LogP contribution in [0.25, 0.3) is 0 Å². The summed E-state index contributed by atoms with van der Waals surface area (Å²) in [5.74, 6) is 6.44. The zero-order chi connectivity index (χ0) is 14.5. The normalized spacial score (nSPS) is 12.0. The van der Waals surface area contributed by atoms with E-state index in [0.717, 1.165) is 9.13 Å². The lowest BCUT2D eigenvalue weighted by Crippen LogP contribution is -2.30. The van der Waals surface area contributed by atoms with Gasteiger partial charge in [-0.25, -0.2) is 10.4 Å². The lowest BCUT2D eigenvalue weighted by molar-refractivity contribution is 0.352. The van der Waals surface area contributed by atoms with E-state index in [-0.39, 0.29) is 6.04 Å². The van der Waals surface area contributed by atoms with Crippen LogP contribution >= 0.6 is 22.6 Å². The van der Waals surface area contributed by atoms with Gasteiger partial charge in [0.25, 0.3) is 0 Å². The highest BCUT2D eigenvalue weighted by Crippen LogP contribution is 2.28. The lowest BCUT2D eigenvalue weighted by atomic mass is 10.0. The molecule has 20 heavy (non-hydrogen) atoms. The van der Waals surface area contributed by atoms with E-state index in [1.54, 1.807) is 0 Å². The molecule has 2 aromatic rings. The van der Waals surface area contributed by atoms with Crippen molar-refractivity contribution in [2.75, 3.05) is 14.2 Å². The maximum atomic E-state index is 5.66. The number of rotatable bonds is 5. The van der Waals surface area contributed by atoms with Gasteiger partial charge in [0.1, 0.15) is 5.69 Å². The molecule has 1 aromatic carbocycles. The second kappa shape index (κ2) is 6.82. The molecule has 0 aliphatic carbocycles. The van der Waals surface area contributed by atoms with E-state index in [1.807, 2.05) is 24.3 Å². The number of ether oxygens (including phenoxy) is 2. The van der Waals surface area contributed by atoms with Crippen LogP contribution in [0.1, 0.15) is 17.3 Å². The maximum Gasteiger partial charge on any atom is 0.240 e. The Morgan fingerprint density at radius 3 is 2.45 bits per heavy atom. The van der Waals surface area contributed by atoms with Crippen LogP contribution in [0.5, 0.6) is 11.8 Å². The van der Waals surface area contributed by atoms with E-state index in [4.69, 9.17) is 15.3 Å². The fraction of sp³-hybridized carbons (Fsp3) is 0.231. The van der Waals surface area contributed by atoms with Gasteiger partial charge in [-0.2, -0.15) is 4.98 Å². The number of nitrogens with two attached hydrogens (primary N) is 1. The number of nitrogens with zero attached hydrogens (tertiary/aromatic N) is 2. The van der Waals surface area contributed by atoms with Crippen molar-refractivity contribution in [3.8, 4) is 11.8 Å². The average molecular weight is 386 g/mol. The van der Waals surface area contributed by atoms with Crippen LogP contribution in [0, 0.1) is 3.57 Å². The SMILES string of the molecule is COc1cnc(C(NN)c2ccc(I)cc2)c(OC)n1. The van der Waals surface area contributed by atoms with Gasteiger partial charge >= 0.3 is 0 Å². The van der Waals surface area contributed by atoms with E-state index in [0.29, 0.717) is 17.5 Å². The highest BCUT2D eigenvalue weighted by Gasteiger charge is 2.20. The third kappa shape index (κ3) is 3.17. The summed E-state index contributed by atoms with van der Waals surface area (Å²) in [7, 11) is 3.06. The van der Waals surface area contributed by atoms with Gasteiger partial charge in [0, 0.05) is 3.57 Å². The number of hydrogen-bond acceptors (Lipinski definition) is 6. The Hall–Kier alpha value is -1.45. The lowest BCUT2D eigenvalue weighted by Gasteiger charge is -2.18. The van der Waals surface area contributed by atoms with Crippen LogP contribution in [0.4, 0.5) is 0 Å². The van der Waals surface area contributed by atoms with Gasteiger partial charge in [-0.15, -0.1) is 0 Å². The topological polar surface area (TPSA) is 82.3 Å². The summed E-state index contributed by atoms with van der Waals surface area (Å²) in [6.07, 6.45) is 1.54. The molecule has 2 rings (SSSR count). The molecule has 1 unspecified atom stereocenters. The van der Waals surface area contributed by atoms with Gasteiger partial charge in [0.05, 0.1) is 26.5 Å². The van der Waals surface area contributed by atoms with Gasteiger partial charge in [0.2, 0.25) is 11.8 Å². The molecule has 0 amide bonds. The molecule has 0 spiro atoms. The van der Waals surface area contributed by atoms with Crippen molar-refractivity contribution in [3.05, 3.63) is 45.3 Å². The molecular formula is C13H15IN4O2. The zero-order valence-corrected chi connectivity index (χ0v) is 13.3. The molecule has 0 bridgehead atoms. The van der Waals surface area contributed by atoms with Gasteiger partial charge in [0.15, 0.2) is 0 Å². The minimum Gasteiger partial charge on any atom is -0.480 e. The molecule has 7 heteroatoms. The fourth-order valence-corrected chi connectivity index (χ4v) is 2.16. The van der Waals surface area contributed by atoms with Crippen molar-refractivity contribution < 1.29 is 9.47 Å². The Morgan fingerprint density at radius 1 is 1.20 bits per heavy atom. The molecular weight excluding hydrogens is 371 g/mol. The Bertz CT molecular complexity index is 577. The van der Waals surface area contributed by atoms with Crippen LogP contribution < -0.4 is 20.7 Å². The van der Waals surface area contributed by atoms with Crippen LogP contribution in [0.3, 0.4) is 0 Å². The predicted octanol–water partition coefficient (Wildman–Crippen LogP) is 1.65. The second-order valence-electron chi connectivity index (χ2n) is 3.96. The molecule has 0 saturated carbocycles. The van der Waals surface area contributed by atoms with Crippen molar-refractivity contribution in [1.29, 1.82) is 0 Å². The maximum absolute atomic E-state index is 5.66. The van der Waals surface area contributed by atoms with Crippen molar-refractivity contribution in [3.63, 3.8) is 0 Å². The predicted molar refractivity (Wildman–Crippen MR) is 83.5 cm³/mol. The second-order valence-corrected chi connectivity index (χ2v) is 5.20. The summed E-state index contributed by atoms with van der Waals surface area (Å²) in [6.45, 7) is 0. The molecule has 0 saturated heterocycles. The van der Waals surface area contributed by atoms with Crippen molar-refractivity contribution in [2.45, 2.75) is 6.04 Å². The third-order valence-electron chi connectivity index (χ3n) is 2.79. The summed E-state index contributed by atoms with van der Waals surface area (Å²) >= 11 is 2.25. The van der Waals surface area contributed by atoms with Crippen LogP contribution in [-0.4, -0.2) is 24.2 Å². The summed E-state index contributed by atoms with van der Waals surface area (Å²) in [5, 5.41) is 0. The van der Waals surface area contributed by atoms with E-state index in [2.05, 4.69) is 38.0 Å². The van der Waals surface area contributed by atoms with E-state index < -0.39 is 0 Å². The number of halogens is 1. The summed E-state index contributed by atoms with van der Waals surface area (Å²) in [4.78, 5) is 8.55. The quantitative estimate of drug-likeness (QED) is 0.462. The Balaban J connectivity index is 2.43. The zero-order valence-electron chi connectivity index (χ0n) is 11.1. The van der Waals surface area contributed by atoms with Crippen LogP contribution in [0.2, 0.25) is 0 Å². The smallest absolute Gasteiger partial charge is 0.240 e. The first-order valence-electron chi connectivity index (χ1n) is 5.86. The molecule has 106 valence electrons. The number of benzene rings is 1. The van der Waals surface area contributed by atoms with Gasteiger partial charge < -0.3 is 9.47 Å². The Morgan fingerprint density at radius 2 is 1.90 bits per heavy atom. The minimum atomic E-state index is -0.305. The average Bonchev–Trinajstić information content (AvgIpc) is 2.50. The van der Waals surface area contributed by atoms with E-state index in [9.17, 15) is 0 Å². The molecule has 0 aliphatic heterocycles. The highest BCUT2D eigenvalue weighted by atomic mass is 127. The molecule has 3 N–H and O–H groups in total. The van der Waals surface area contributed by atoms with Crippen LogP contribution in [-0.2, 0) is 0 Å². The number of nitrogens with one attached hydrogen (secondary N) is 1. The monoisotopic (exact) mass is 386 g/mol. The largest absolute Gasteiger partial charge is 0.480 e. The molecule has 1 aromatic heterocycles. The minimum absolute atomic E-state index is 0.305. The molecule has 0 radical (unpaired) electrons. The molecule has 6 nitrogen and oxygen atoms in total. The first-order valence-corrected chi connectivity index (χ1v) is 6.94. The number of methoxy groups -OCH3 is 2. The standard InChI is InChI=1S/C13H15IN4O2/c1-19-10-7-16-12(13(17-10)20-2)11(18-15)8-3-5-9(14)6-4-8/h3-7,11,18H,15H2,1-2H3. The number of hydrogen-bond donors (Lipinski definition) is 2. The summed E-state index contributed by atoms with van der Waals surface area (Å²) in [6, 6.07) is 7.67. The molecule has 1 heterocycles. The van der Waals surface area contributed by atoms with Gasteiger partial charge in [-0.3, -0.25) is 5.84 Å². The Labute approximate surface area is 130 Å². The first-order chi connectivity index (χ1) is 9.69. The highest BCUT2D eigenvalue weighted by molar-refractivity contribution is 14.1. The number of hydrazine groups is 1. The molecule has 1 atom stereocenters. The third-order valence-corrected chi connectivity index (χ3v) is 3.51. The van der Waals surface area contributed by atoms with Crippen molar-refractivity contribution >= 4 is 22.6 Å².